The highest BCUT2D eigenvalue weighted by Gasteiger charge is 2.21. The molecule has 0 atom stereocenters. The van der Waals surface area contributed by atoms with Gasteiger partial charge in [0.1, 0.15) is 32.7 Å². The maximum atomic E-state index is 2.32. The van der Waals surface area contributed by atoms with Crippen LogP contribution in [0.15, 0.2) is 18.2 Å². The van der Waals surface area contributed by atoms with Crippen molar-refractivity contribution in [2.75, 3.05) is 32.7 Å². The molecule has 0 bridgehead atoms. The summed E-state index contributed by atoms with van der Waals surface area (Å²) in [7, 11) is 0. The Balaban J connectivity index is 1.93. The number of hydrogen-bond donors (Lipinski definition) is 2. The number of quaternary nitrogens is 2. The number of likely N-dealkylation sites (N-methyl/N-ethyl adjacent to an activating group) is 1. The SMILES string of the molecule is CC[NH+]1CC[NH+](Cc2ccc(C)cc2C)CC1. The lowest BCUT2D eigenvalue weighted by atomic mass is 10.1. The zero-order valence-electron chi connectivity index (χ0n) is 11.5. The third-order valence-corrected chi connectivity index (χ3v) is 4.10. The average molecular weight is 234 g/mol. The Morgan fingerprint density at radius 1 is 1.00 bits per heavy atom. The number of aryl methyl sites for hydroxylation is 2. The predicted octanol–water partition coefficient (Wildman–Crippen LogP) is -0.393. The van der Waals surface area contributed by atoms with Gasteiger partial charge in [-0.1, -0.05) is 23.8 Å². The van der Waals surface area contributed by atoms with E-state index in [1.807, 2.05) is 0 Å². The van der Waals surface area contributed by atoms with Crippen molar-refractivity contribution in [3.8, 4) is 0 Å². The van der Waals surface area contributed by atoms with Crippen LogP contribution >= 0.6 is 0 Å². The molecule has 0 aliphatic carbocycles. The molecule has 0 aromatic heterocycles. The van der Waals surface area contributed by atoms with Crippen LogP contribution in [0, 0.1) is 13.8 Å². The summed E-state index contributed by atoms with van der Waals surface area (Å²) in [6, 6.07) is 6.87. The fourth-order valence-electron chi connectivity index (χ4n) is 2.80. The van der Waals surface area contributed by atoms with Crippen LogP contribution in [-0.4, -0.2) is 32.7 Å². The quantitative estimate of drug-likeness (QED) is 0.705. The van der Waals surface area contributed by atoms with E-state index < -0.39 is 0 Å². The van der Waals surface area contributed by atoms with E-state index in [2.05, 4.69) is 39.0 Å². The first-order valence-corrected chi connectivity index (χ1v) is 6.92. The highest BCUT2D eigenvalue weighted by atomic mass is 15.3. The van der Waals surface area contributed by atoms with E-state index in [1.54, 1.807) is 9.80 Å². The number of benzene rings is 1. The fourth-order valence-corrected chi connectivity index (χ4v) is 2.80. The van der Waals surface area contributed by atoms with Gasteiger partial charge in [-0.25, -0.2) is 0 Å². The maximum absolute atomic E-state index is 2.32. The first-order valence-electron chi connectivity index (χ1n) is 6.92. The summed E-state index contributed by atoms with van der Waals surface area (Å²) in [5, 5.41) is 0. The van der Waals surface area contributed by atoms with E-state index >= 15 is 0 Å². The molecular formula is C15H26N2+2. The first kappa shape index (κ1) is 12.6. The summed E-state index contributed by atoms with van der Waals surface area (Å²) < 4.78 is 0. The lowest BCUT2D eigenvalue weighted by molar-refractivity contribution is -1.02. The molecule has 1 aromatic rings. The summed E-state index contributed by atoms with van der Waals surface area (Å²) in [6.45, 7) is 14.6. The second kappa shape index (κ2) is 5.65. The van der Waals surface area contributed by atoms with E-state index in [0.29, 0.717) is 0 Å². The number of hydrogen-bond acceptors (Lipinski definition) is 0. The van der Waals surface area contributed by atoms with Crippen molar-refractivity contribution in [3.05, 3.63) is 34.9 Å². The minimum atomic E-state index is 1.21. The zero-order valence-corrected chi connectivity index (χ0v) is 11.5. The molecule has 0 spiro atoms. The smallest absolute Gasteiger partial charge is 0.127 e. The minimum absolute atomic E-state index is 1.21. The summed E-state index contributed by atoms with van der Waals surface area (Å²) >= 11 is 0. The molecule has 2 rings (SSSR count). The molecule has 0 amide bonds. The second-order valence-electron chi connectivity index (χ2n) is 5.46. The van der Waals surface area contributed by atoms with Gasteiger partial charge >= 0.3 is 0 Å². The highest BCUT2D eigenvalue weighted by molar-refractivity contribution is 5.29. The molecule has 0 unspecified atom stereocenters. The molecule has 0 radical (unpaired) electrons. The van der Waals surface area contributed by atoms with Gasteiger partial charge in [0, 0.05) is 5.56 Å². The van der Waals surface area contributed by atoms with Crippen molar-refractivity contribution in [2.45, 2.75) is 27.3 Å². The summed E-state index contributed by atoms with van der Waals surface area (Å²) in [4.78, 5) is 3.53. The Kier molecular flexibility index (Phi) is 4.19. The third-order valence-electron chi connectivity index (χ3n) is 4.10. The van der Waals surface area contributed by atoms with Crippen molar-refractivity contribution in [3.63, 3.8) is 0 Å². The maximum Gasteiger partial charge on any atom is 0.127 e. The summed E-state index contributed by atoms with van der Waals surface area (Å²) in [5.74, 6) is 0. The largest absolute Gasteiger partial charge is 0.326 e. The summed E-state index contributed by atoms with van der Waals surface area (Å²) in [5.41, 5.74) is 4.37. The molecule has 1 fully saturated rings. The molecule has 1 aliphatic rings. The highest BCUT2D eigenvalue weighted by Crippen LogP contribution is 2.08. The second-order valence-corrected chi connectivity index (χ2v) is 5.46. The number of nitrogens with one attached hydrogen (secondary N) is 2. The molecule has 1 aliphatic heterocycles. The normalized spacial score (nSPS) is 24.9. The van der Waals surface area contributed by atoms with Crippen molar-refractivity contribution in [1.29, 1.82) is 0 Å². The molecule has 2 N–H and O–H groups in total. The number of piperazine rings is 1. The van der Waals surface area contributed by atoms with Gasteiger partial charge in [0.15, 0.2) is 0 Å². The Hall–Kier alpha value is -0.860. The van der Waals surface area contributed by atoms with E-state index in [4.69, 9.17) is 0 Å². The lowest BCUT2D eigenvalue weighted by Crippen LogP contribution is -3.27. The topological polar surface area (TPSA) is 8.88 Å². The van der Waals surface area contributed by atoms with E-state index in [-0.39, 0.29) is 0 Å². The molecule has 1 heterocycles. The fraction of sp³-hybridized carbons (Fsp3) is 0.600. The van der Waals surface area contributed by atoms with E-state index in [9.17, 15) is 0 Å². The molecular weight excluding hydrogens is 208 g/mol. The Morgan fingerprint density at radius 3 is 2.24 bits per heavy atom. The Bertz CT molecular complexity index is 365. The molecule has 1 saturated heterocycles. The van der Waals surface area contributed by atoms with Crippen LogP contribution in [0.25, 0.3) is 0 Å². The van der Waals surface area contributed by atoms with Crippen molar-refractivity contribution in [1.82, 2.24) is 0 Å². The van der Waals surface area contributed by atoms with Gasteiger partial charge < -0.3 is 9.80 Å². The molecule has 2 nitrogen and oxygen atoms in total. The van der Waals surface area contributed by atoms with Gasteiger partial charge in [0.2, 0.25) is 0 Å². The van der Waals surface area contributed by atoms with Crippen LogP contribution < -0.4 is 9.80 Å². The van der Waals surface area contributed by atoms with Crippen LogP contribution in [-0.2, 0) is 6.54 Å². The van der Waals surface area contributed by atoms with Crippen LogP contribution in [0.1, 0.15) is 23.6 Å². The van der Waals surface area contributed by atoms with Gasteiger partial charge in [-0.15, -0.1) is 0 Å². The average Bonchev–Trinajstić information content (AvgIpc) is 2.34. The molecule has 1 aromatic carbocycles. The zero-order chi connectivity index (χ0) is 12.3. The van der Waals surface area contributed by atoms with Crippen LogP contribution in [0.3, 0.4) is 0 Å². The van der Waals surface area contributed by atoms with Gasteiger partial charge in [0.05, 0.1) is 6.54 Å². The summed E-state index contributed by atoms with van der Waals surface area (Å²) in [6.07, 6.45) is 0. The van der Waals surface area contributed by atoms with Crippen molar-refractivity contribution < 1.29 is 9.80 Å². The van der Waals surface area contributed by atoms with Crippen molar-refractivity contribution in [2.24, 2.45) is 0 Å². The Labute approximate surface area is 105 Å². The number of rotatable bonds is 3. The standard InChI is InChI=1S/C15H24N2/c1-4-16-7-9-17(10-8-16)12-15-6-5-13(2)11-14(15)3/h5-6,11H,4,7-10,12H2,1-3H3/p+2. The van der Waals surface area contributed by atoms with Gasteiger partial charge in [0.25, 0.3) is 0 Å². The van der Waals surface area contributed by atoms with Gasteiger partial charge in [-0.2, -0.15) is 0 Å². The minimum Gasteiger partial charge on any atom is -0.326 e. The van der Waals surface area contributed by atoms with E-state index in [0.717, 1.165) is 0 Å². The van der Waals surface area contributed by atoms with Gasteiger partial charge in [-0.05, 0) is 26.3 Å². The van der Waals surface area contributed by atoms with Gasteiger partial charge in [-0.3, -0.25) is 0 Å². The predicted molar refractivity (Wildman–Crippen MR) is 71.6 cm³/mol. The monoisotopic (exact) mass is 234 g/mol. The molecule has 17 heavy (non-hydrogen) atoms. The first-order chi connectivity index (χ1) is 8.19. The van der Waals surface area contributed by atoms with Crippen LogP contribution in [0.2, 0.25) is 0 Å². The van der Waals surface area contributed by atoms with Crippen molar-refractivity contribution >= 4 is 0 Å². The van der Waals surface area contributed by atoms with E-state index in [1.165, 1.54) is 56.0 Å². The molecule has 2 heteroatoms. The molecule has 94 valence electrons. The van der Waals surface area contributed by atoms with Crippen LogP contribution in [0.4, 0.5) is 0 Å². The molecule has 0 saturated carbocycles. The third kappa shape index (κ3) is 3.30. The Morgan fingerprint density at radius 2 is 1.65 bits per heavy atom. The van der Waals surface area contributed by atoms with Crippen LogP contribution in [0.5, 0.6) is 0 Å². The lowest BCUT2D eigenvalue weighted by Gasteiger charge is -2.29.